The number of rotatable bonds is 3. The minimum absolute atomic E-state index is 0.192. The smallest absolute Gasteiger partial charge is 0.0702 e. The van der Waals surface area contributed by atoms with Crippen molar-refractivity contribution < 1.29 is 4.74 Å². The molecule has 0 amide bonds. The molecular weight excluding hydrogens is 314 g/mol. The van der Waals surface area contributed by atoms with Crippen molar-refractivity contribution in [2.45, 2.75) is 63.5 Å². The van der Waals surface area contributed by atoms with Crippen LogP contribution in [0.4, 0.5) is 5.69 Å². The fraction of sp³-hybridized carbons (Fsp3) is 0.647. The zero-order chi connectivity index (χ0) is 14.0. The minimum atomic E-state index is 0.192. The number of halogens is 1. The lowest BCUT2D eigenvalue weighted by Crippen LogP contribution is -2.42. The Balaban J connectivity index is 1.71. The normalized spacial score (nSPS) is 25.0. The number of hydrogen-bond donors (Lipinski definition) is 1. The van der Waals surface area contributed by atoms with Gasteiger partial charge in [0.15, 0.2) is 0 Å². The van der Waals surface area contributed by atoms with Gasteiger partial charge < -0.3 is 10.1 Å². The van der Waals surface area contributed by atoms with E-state index >= 15 is 0 Å². The first-order valence-corrected chi connectivity index (χ1v) is 8.69. The van der Waals surface area contributed by atoms with Gasteiger partial charge in [0.05, 0.1) is 5.60 Å². The molecule has 2 aliphatic rings. The van der Waals surface area contributed by atoms with Gasteiger partial charge in [-0.25, -0.2) is 0 Å². The van der Waals surface area contributed by atoms with Gasteiger partial charge in [0.1, 0.15) is 0 Å². The standard InChI is InChI=1S/C17H24BrNO/c1-2-13-11-14(18)5-6-16(13)19-15-7-10-20-17(12-15)8-3-4-9-17/h5-6,11,15,19H,2-4,7-10,12H2,1H3. The maximum absolute atomic E-state index is 6.12. The summed E-state index contributed by atoms with van der Waals surface area (Å²) in [6, 6.07) is 7.13. The third-order valence-corrected chi connectivity index (χ3v) is 5.31. The van der Waals surface area contributed by atoms with Crippen LogP contribution in [0, 0.1) is 0 Å². The van der Waals surface area contributed by atoms with Gasteiger partial charge in [0, 0.05) is 22.8 Å². The monoisotopic (exact) mass is 337 g/mol. The summed E-state index contributed by atoms with van der Waals surface area (Å²) in [7, 11) is 0. The number of anilines is 1. The maximum atomic E-state index is 6.12. The molecule has 0 aromatic heterocycles. The molecule has 2 fully saturated rings. The summed E-state index contributed by atoms with van der Waals surface area (Å²) in [4.78, 5) is 0. The Bertz CT molecular complexity index is 468. The molecule has 1 heterocycles. The van der Waals surface area contributed by atoms with Crippen LogP contribution in [0.1, 0.15) is 51.0 Å². The Morgan fingerprint density at radius 3 is 2.90 bits per heavy atom. The van der Waals surface area contributed by atoms with Crippen molar-refractivity contribution in [3.63, 3.8) is 0 Å². The van der Waals surface area contributed by atoms with Crippen LogP contribution in [0.25, 0.3) is 0 Å². The average Bonchev–Trinajstić information content (AvgIpc) is 2.89. The molecule has 3 rings (SSSR count). The lowest BCUT2D eigenvalue weighted by atomic mass is 9.88. The zero-order valence-electron chi connectivity index (χ0n) is 12.3. The maximum Gasteiger partial charge on any atom is 0.0702 e. The number of hydrogen-bond acceptors (Lipinski definition) is 2. The van der Waals surface area contributed by atoms with Gasteiger partial charge in [0.25, 0.3) is 0 Å². The van der Waals surface area contributed by atoms with Crippen LogP contribution in [-0.2, 0) is 11.2 Å². The second-order valence-electron chi connectivity index (χ2n) is 6.23. The molecular formula is C17H24BrNO. The summed E-state index contributed by atoms with van der Waals surface area (Å²) in [5.74, 6) is 0. The molecule has 1 spiro atoms. The van der Waals surface area contributed by atoms with Crippen molar-refractivity contribution in [2.75, 3.05) is 11.9 Å². The summed E-state index contributed by atoms with van der Waals surface area (Å²) in [5, 5.41) is 3.78. The highest BCUT2D eigenvalue weighted by Crippen LogP contribution is 2.40. The van der Waals surface area contributed by atoms with E-state index in [0.29, 0.717) is 6.04 Å². The Labute approximate surface area is 130 Å². The molecule has 1 aromatic rings. The van der Waals surface area contributed by atoms with E-state index in [1.54, 1.807) is 0 Å². The summed E-state index contributed by atoms with van der Waals surface area (Å²) < 4.78 is 7.29. The fourth-order valence-corrected chi connectivity index (χ4v) is 4.14. The molecule has 1 N–H and O–H groups in total. The van der Waals surface area contributed by atoms with Gasteiger partial charge in [-0.1, -0.05) is 35.7 Å². The van der Waals surface area contributed by atoms with E-state index in [9.17, 15) is 0 Å². The second-order valence-corrected chi connectivity index (χ2v) is 7.14. The van der Waals surface area contributed by atoms with Crippen LogP contribution in [0.3, 0.4) is 0 Å². The number of ether oxygens (including phenoxy) is 1. The first-order chi connectivity index (χ1) is 9.71. The first kappa shape index (κ1) is 14.4. The molecule has 2 nitrogen and oxygen atoms in total. The summed E-state index contributed by atoms with van der Waals surface area (Å²) in [6.45, 7) is 3.13. The number of benzene rings is 1. The summed E-state index contributed by atoms with van der Waals surface area (Å²) >= 11 is 3.56. The third kappa shape index (κ3) is 3.04. The van der Waals surface area contributed by atoms with E-state index in [1.807, 2.05) is 0 Å². The molecule has 1 saturated carbocycles. The predicted molar refractivity (Wildman–Crippen MR) is 87.3 cm³/mol. The molecule has 1 saturated heterocycles. The van der Waals surface area contributed by atoms with E-state index in [4.69, 9.17) is 4.74 Å². The van der Waals surface area contributed by atoms with E-state index in [-0.39, 0.29) is 5.60 Å². The number of nitrogens with one attached hydrogen (secondary N) is 1. The highest BCUT2D eigenvalue weighted by molar-refractivity contribution is 9.10. The second kappa shape index (κ2) is 6.07. The Kier molecular flexibility index (Phi) is 4.37. The van der Waals surface area contributed by atoms with Crippen molar-refractivity contribution in [1.29, 1.82) is 0 Å². The quantitative estimate of drug-likeness (QED) is 0.845. The summed E-state index contributed by atoms with van der Waals surface area (Å²) in [5.41, 5.74) is 2.89. The van der Waals surface area contributed by atoms with Gasteiger partial charge in [0.2, 0.25) is 0 Å². The van der Waals surface area contributed by atoms with Gasteiger partial charge in [-0.05, 0) is 55.9 Å². The van der Waals surface area contributed by atoms with Crippen molar-refractivity contribution in [2.24, 2.45) is 0 Å². The Morgan fingerprint density at radius 2 is 2.15 bits per heavy atom. The van der Waals surface area contributed by atoms with E-state index in [2.05, 4.69) is 46.4 Å². The van der Waals surface area contributed by atoms with Crippen LogP contribution in [-0.4, -0.2) is 18.2 Å². The molecule has 1 aliphatic heterocycles. The van der Waals surface area contributed by atoms with Crippen LogP contribution >= 0.6 is 15.9 Å². The van der Waals surface area contributed by atoms with Crippen molar-refractivity contribution in [3.8, 4) is 0 Å². The highest BCUT2D eigenvalue weighted by Gasteiger charge is 2.39. The molecule has 0 radical (unpaired) electrons. The first-order valence-electron chi connectivity index (χ1n) is 7.90. The topological polar surface area (TPSA) is 21.3 Å². The molecule has 0 bridgehead atoms. The van der Waals surface area contributed by atoms with Crippen LogP contribution < -0.4 is 5.32 Å². The third-order valence-electron chi connectivity index (χ3n) is 4.82. The van der Waals surface area contributed by atoms with E-state index in [0.717, 1.165) is 19.4 Å². The van der Waals surface area contributed by atoms with Crippen molar-refractivity contribution >= 4 is 21.6 Å². The van der Waals surface area contributed by atoms with Crippen LogP contribution in [0.2, 0.25) is 0 Å². The molecule has 110 valence electrons. The van der Waals surface area contributed by atoms with Crippen LogP contribution in [0.5, 0.6) is 0 Å². The molecule has 1 unspecified atom stereocenters. The van der Waals surface area contributed by atoms with Crippen molar-refractivity contribution in [3.05, 3.63) is 28.2 Å². The van der Waals surface area contributed by atoms with E-state index < -0.39 is 0 Å². The van der Waals surface area contributed by atoms with Gasteiger partial charge in [-0.15, -0.1) is 0 Å². The predicted octanol–water partition coefficient (Wildman–Crippen LogP) is 4.92. The zero-order valence-corrected chi connectivity index (χ0v) is 13.8. The molecule has 1 aromatic carbocycles. The number of aryl methyl sites for hydroxylation is 1. The molecule has 1 atom stereocenters. The lowest BCUT2D eigenvalue weighted by molar-refractivity contribution is -0.0767. The molecule has 20 heavy (non-hydrogen) atoms. The largest absolute Gasteiger partial charge is 0.382 e. The van der Waals surface area contributed by atoms with Gasteiger partial charge in [-0.2, -0.15) is 0 Å². The molecule has 3 heteroatoms. The van der Waals surface area contributed by atoms with Gasteiger partial charge >= 0.3 is 0 Å². The van der Waals surface area contributed by atoms with Crippen LogP contribution in [0.15, 0.2) is 22.7 Å². The average molecular weight is 338 g/mol. The highest BCUT2D eigenvalue weighted by atomic mass is 79.9. The lowest BCUT2D eigenvalue weighted by Gasteiger charge is -2.39. The SMILES string of the molecule is CCc1cc(Br)ccc1NC1CCOC2(CCCC2)C1. The van der Waals surface area contributed by atoms with E-state index in [1.165, 1.54) is 47.8 Å². The Hall–Kier alpha value is -0.540. The summed E-state index contributed by atoms with van der Waals surface area (Å²) in [6.07, 6.45) is 8.55. The fourth-order valence-electron chi connectivity index (χ4n) is 3.73. The van der Waals surface area contributed by atoms with Crippen molar-refractivity contribution in [1.82, 2.24) is 0 Å². The molecule has 1 aliphatic carbocycles. The Morgan fingerprint density at radius 1 is 1.35 bits per heavy atom. The van der Waals surface area contributed by atoms with Gasteiger partial charge in [-0.3, -0.25) is 0 Å². The minimum Gasteiger partial charge on any atom is -0.382 e.